The number of hydrogen-bond donors (Lipinski definition) is 2. The monoisotopic (exact) mass is 600 g/mol. The molecule has 234 valence electrons. The van der Waals surface area contributed by atoms with Crippen molar-refractivity contribution in [3.63, 3.8) is 0 Å². The minimum atomic E-state index is -0.460. The molecule has 2 aromatic carbocycles. The molecule has 0 fully saturated rings. The molecule has 2 aliphatic rings. The standard InChI is InChI=1S/C34H46N7O3/c1-5-39(6-2)25-13-15-29-31(23-25)44-32-24-26(40(7-3)8-4)14-16-30(32)33(29)27-11-9-10-12-28(27)34(42)41(37-43)22-21-38(19-17-35)20-18-36/h9-16,23-24H,5-8,17-22,35-36H2,1-4H3/q+1. The van der Waals surface area contributed by atoms with E-state index in [2.05, 4.69) is 78.9 Å². The van der Waals surface area contributed by atoms with Gasteiger partial charge in [0.15, 0.2) is 0 Å². The van der Waals surface area contributed by atoms with Crippen molar-refractivity contribution in [1.29, 1.82) is 0 Å². The highest BCUT2D eigenvalue weighted by Crippen LogP contribution is 2.42. The highest BCUT2D eigenvalue weighted by molar-refractivity contribution is 6.09. The van der Waals surface area contributed by atoms with E-state index in [1.807, 2.05) is 23.1 Å². The SMILES string of the molecule is CCN(CC)c1ccc2c(-c3ccccc3C(=O)N(CCN(CCN)CCN)N=O)c3ccc(=[N+](CC)CC)cc-3oc2c1. The third-order valence-electron chi connectivity index (χ3n) is 8.22. The number of fused-ring (bicyclic) bond motifs is 2. The Hall–Kier alpha value is -4.12. The summed E-state index contributed by atoms with van der Waals surface area (Å²) in [6.07, 6.45) is 0. The van der Waals surface area contributed by atoms with Gasteiger partial charge in [-0.1, -0.05) is 18.2 Å². The summed E-state index contributed by atoms with van der Waals surface area (Å²) in [5.74, 6) is 0.262. The largest absolute Gasteiger partial charge is 0.456 e. The van der Waals surface area contributed by atoms with E-state index in [1.165, 1.54) is 0 Å². The van der Waals surface area contributed by atoms with Crippen molar-refractivity contribution in [1.82, 2.24) is 14.5 Å². The van der Waals surface area contributed by atoms with Crippen LogP contribution >= 0.6 is 0 Å². The lowest BCUT2D eigenvalue weighted by molar-refractivity contribution is 0.0739. The van der Waals surface area contributed by atoms with Crippen LogP contribution in [0.4, 0.5) is 5.69 Å². The number of amides is 1. The summed E-state index contributed by atoms with van der Waals surface area (Å²) in [7, 11) is 0. The van der Waals surface area contributed by atoms with E-state index in [4.69, 9.17) is 15.9 Å². The van der Waals surface area contributed by atoms with E-state index in [9.17, 15) is 9.70 Å². The normalized spacial score (nSPS) is 11.3. The van der Waals surface area contributed by atoms with Crippen molar-refractivity contribution in [3.05, 3.63) is 76.5 Å². The Balaban J connectivity index is 1.92. The van der Waals surface area contributed by atoms with Crippen LogP contribution in [0.3, 0.4) is 0 Å². The van der Waals surface area contributed by atoms with Crippen LogP contribution in [0.5, 0.6) is 0 Å². The van der Waals surface area contributed by atoms with Gasteiger partial charge in [0.05, 0.1) is 17.9 Å². The molecule has 0 aromatic heterocycles. The number of carbonyl (C=O) groups is 1. The van der Waals surface area contributed by atoms with Crippen LogP contribution in [0.2, 0.25) is 0 Å². The molecule has 0 saturated carbocycles. The van der Waals surface area contributed by atoms with Crippen LogP contribution in [0.25, 0.3) is 33.4 Å². The first-order valence-corrected chi connectivity index (χ1v) is 15.6. The zero-order chi connectivity index (χ0) is 31.6. The minimum absolute atomic E-state index is 0.128. The van der Waals surface area contributed by atoms with Crippen molar-refractivity contribution in [2.75, 3.05) is 70.3 Å². The molecule has 44 heavy (non-hydrogen) atoms. The van der Waals surface area contributed by atoms with Crippen molar-refractivity contribution in [2.45, 2.75) is 27.7 Å². The second-order valence-corrected chi connectivity index (χ2v) is 10.7. The summed E-state index contributed by atoms with van der Waals surface area (Å²) < 4.78 is 8.88. The fourth-order valence-electron chi connectivity index (χ4n) is 5.87. The first kappa shape index (κ1) is 32.8. The molecule has 1 aliphatic heterocycles. The number of carbonyl (C=O) groups excluding carboxylic acids is 1. The lowest BCUT2D eigenvalue weighted by Crippen LogP contribution is -2.40. The topological polar surface area (TPSA) is 124 Å². The van der Waals surface area contributed by atoms with Crippen LogP contribution in [-0.4, -0.2) is 81.3 Å². The van der Waals surface area contributed by atoms with Gasteiger partial charge in [-0.2, -0.15) is 5.01 Å². The van der Waals surface area contributed by atoms with Crippen molar-refractivity contribution in [3.8, 4) is 22.5 Å². The smallest absolute Gasteiger partial charge is 0.277 e. The van der Waals surface area contributed by atoms with E-state index < -0.39 is 5.91 Å². The zero-order valence-corrected chi connectivity index (χ0v) is 26.5. The molecule has 0 radical (unpaired) electrons. The lowest BCUT2D eigenvalue weighted by atomic mass is 9.90. The first-order valence-electron chi connectivity index (χ1n) is 15.6. The van der Waals surface area contributed by atoms with Crippen molar-refractivity contribution < 1.29 is 9.21 Å². The molecule has 1 aliphatic carbocycles. The Kier molecular flexibility index (Phi) is 11.6. The molecule has 1 amide bonds. The van der Waals surface area contributed by atoms with Crippen LogP contribution in [-0.2, 0) is 0 Å². The summed E-state index contributed by atoms with van der Waals surface area (Å²) in [5.41, 5.74) is 16.1. The molecule has 0 unspecified atom stereocenters. The highest BCUT2D eigenvalue weighted by atomic mass is 16.3. The Bertz CT molecular complexity index is 1600. The Morgan fingerprint density at radius 2 is 1.55 bits per heavy atom. The average molecular weight is 601 g/mol. The van der Waals surface area contributed by atoms with E-state index in [0.717, 1.165) is 70.1 Å². The first-order chi connectivity index (χ1) is 21.4. The highest BCUT2D eigenvalue weighted by Gasteiger charge is 2.26. The van der Waals surface area contributed by atoms with Crippen LogP contribution in [0, 0.1) is 4.91 Å². The Morgan fingerprint density at radius 1 is 0.841 bits per heavy atom. The number of benzene rings is 3. The molecule has 0 spiro atoms. The predicted molar refractivity (Wildman–Crippen MR) is 180 cm³/mol. The van der Waals surface area contributed by atoms with Gasteiger partial charge in [-0.3, -0.25) is 9.69 Å². The van der Waals surface area contributed by atoms with E-state index in [1.54, 1.807) is 6.07 Å². The van der Waals surface area contributed by atoms with Crippen LogP contribution in [0.15, 0.2) is 70.4 Å². The molecule has 0 saturated heterocycles. The quantitative estimate of drug-likeness (QED) is 0.0907. The summed E-state index contributed by atoms with van der Waals surface area (Å²) in [6.45, 7) is 14.7. The molecule has 0 atom stereocenters. The molecular formula is C34H46N7O3+. The van der Waals surface area contributed by atoms with Gasteiger partial charge < -0.3 is 20.8 Å². The summed E-state index contributed by atoms with van der Waals surface area (Å²) in [4.78, 5) is 30.2. The number of hydrogen-bond acceptors (Lipinski definition) is 8. The van der Waals surface area contributed by atoms with Crippen LogP contribution in [0.1, 0.15) is 38.1 Å². The number of rotatable bonds is 15. The maximum Gasteiger partial charge on any atom is 0.277 e. The fraction of sp³-hybridized carbons (Fsp3) is 0.412. The molecular weight excluding hydrogens is 554 g/mol. The van der Waals surface area contributed by atoms with E-state index >= 15 is 0 Å². The number of anilines is 1. The Morgan fingerprint density at radius 3 is 2.18 bits per heavy atom. The number of nitrogens with zero attached hydrogens (tertiary/aromatic N) is 5. The second-order valence-electron chi connectivity index (χ2n) is 10.7. The molecule has 1 heterocycles. The fourth-order valence-corrected chi connectivity index (χ4v) is 5.87. The van der Waals surface area contributed by atoms with Gasteiger partial charge in [-0.25, -0.2) is 4.58 Å². The summed E-state index contributed by atoms with van der Waals surface area (Å²) >= 11 is 0. The molecule has 10 nitrogen and oxygen atoms in total. The number of nitroso groups, excluding NO2 is 1. The third kappa shape index (κ3) is 6.99. The van der Waals surface area contributed by atoms with Gasteiger partial charge in [0.25, 0.3) is 5.91 Å². The van der Waals surface area contributed by atoms with E-state index in [-0.39, 0.29) is 6.54 Å². The second kappa shape index (κ2) is 15.6. The summed E-state index contributed by atoms with van der Waals surface area (Å²) in [6, 6.07) is 19.9. The lowest BCUT2D eigenvalue weighted by Gasteiger charge is -2.24. The molecule has 4 N–H and O–H groups in total. The summed E-state index contributed by atoms with van der Waals surface area (Å²) in [5, 5.41) is 6.07. The van der Waals surface area contributed by atoms with Crippen molar-refractivity contribution in [2.24, 2.45) is 16.8 Å². The third-order valence-corrected chi connectivity index (χ3v) is 8.22. The molecule has 4 rings (SSSR count). The minimum Gasteiger partial charge on any atom is -0.456 e. The predicted octanol–water partition coefficient (Wildman–Crippen LogP) is 4.21. The van der Waals surface area contributed by atoms with Gasteiger partial charge >= 0.3 is 0 Å². The van der Waals surface area contributed by atoms with Crippen molar-refractivity contribution >= 4 is 22.6 Å². The molecule has 2 aromatic rings. The van der Waals surface area contributed by atoms with Gasteiger partial charge in [-0.15, -0.1) is 4.91 Å². The maximum absolute atomic E-state index is 13.9. The van der Waals surface area contributed by atoms with Crippen LogP contribution < -0.4 is 26.3 Å². The maximum atomic E-state index is 13.9. The van der Waals surface area contributed by atoms with Gasteiger partial charge in [0, 0.05) is 85.7 Å². The van der Waals surface area contributed by atoms with E-state index in [0.29, 0.717) is 43.9 Å². The Labute approximate surface area is 259 Å². The van der Waals surface area contributed by atoms with Gasteiger partial charge in [-0.05, 0) is 57.5 Å². The average Bonchev–Trinajstić information content (AvgIpc) is 3.05. The van der Waals surface area contributed by atoms with Gasteiger partial charge in [0.1, 0.15) is 24.4 Å². The number of nitrogens with two attached hydrogens (primary N) is 2. The molecule has 10 heteroatoms. The van der Waals surface area contributed by atoms with Gasteiger partial charge in [0.2, 0.25) is 5.36 Å². The zero-order valence-electron chi connectivity index (χ0n) is 26.5. The molecule has 0 bridgehead atoms.